The molecule has 2 aromatic rings. The average molecular weight is 720 g/mol. The minimum absolute atomic E-state index is 0.0933. The van der Waals surface area contributed by atoms with Gasteiger partial charge in [0.1, 0.15) is 25.3 Å². The number of esters is 1. The van der Waals surface area contributed by atoms with Gasteiger partial charge < -0.3 is 33.5 Å². The Kier molecular flexibility index (Phi) is 19.2. The van der Waals surface area contributed by atoms with Crippen molar-refractivity contribution in [2.75, 3.05) is 34.7 Å². The second kappa shape index (κ2) is 22.2. The summed E-state index contributed by atoms with van der Waals surface area (Å²) in [5.41, 5.74) is 3.62. The number of carbonyl (C=O) groups excluding carboxylic acids is 1. The fraction of sp³-hybridized carbons (Fsp3) is 0.553. The summed E-state index contributed by atoms with van der Waals surface area (Å²) >= 11 is 3.65. The molecule has 0 radical (unpaired) electrons. The van der Waals surface area contributed by atoms with E-state index in [-0.39, 0.29) is 36.8 Å². The third-order valence-electron chi connectivity index (χ3n) is 8.11. The molecule has 0 unspecified atom stereocenters. The number of aliphatic hydroxyl groups is 1. The molecule has 0 aromatic heterocycles. The van der Waals surface area contributed by atoms with E-state index in [1.807, 2.05) is 43.3 Å². The van der Waals surface area contributed by atoms with Gasteiger partial charge in [0.2, 0.25) is 0 Å². The molecule has 47 heavy (non-hydrogen) atoms. The molecule has 2 rings (SSSR count). The summed E-state index contributed by atoms with van der Waals surface area (Å²) in [5.74, 6) is 0.675. The predicted molar refractivity (Wildman–Crippen MR) is 189 cm³/mol. The Bertz CT molecular complexity index is 1250. The second-order valence-corrected chi connectivity index (χ2v) is 13.0. The maximum absolute atomic E-state index is 11.9. The maximum atomic E-state index is 11.9. The van der Waals surface area contributed by atoms with E-state index >= 15 is 0 Å². The first kappa shape index (κ1) is 40.6. The van der Waals surface area contributed by atoms with Crippen LogP contribution in [0, 0.1) is 11.8 Å². The van der Waals surface area contributed by atoms with E-state index in [0.717, 1.165) is 34.2 Å². The molecule has 0 aliphatic heterocycles. The Morgan fingerprint density at radius 2 is 1.68 bits per heavy atom. The van der Waals surface area contributed by atoms with Gasteiger partial charge in [-0.3, -0.25) is 0 Å². The summed E-state index contributed by atoms with van der Waals surface area (Å²) < 4.78 is 35.2. The highest BCUT2D eigenvalue weighted by Gasteiger charge is 2.30. The van der Waals surface area contributed by atoms with Crippen LogP contribution in [0.2, 0.25) is 0 Å². The van der Waals surface area contributed by atoms with Gasteiger partial charge in [-0.1, -0.05) is 72.3 Å². The molecular formula is C38H55BrO8. The van der Waals surface area contributed by atoms with Crippen molar-refractivity contribution < 1.29 is 38.3 Å². The lowest BCUT2D eigenvalue weighted by Gasteiger charge is -2.32. The topological polar surface area (TPSA) is 92.7 Å². The molecule has 0 amide bonds. The molecule has 0 heterocycles. The van der Waals surface area contributed by atoms with E-state index in [2.05, 4.69) is 54.0 Å². The van der Waals surface area contributed by atoms with E-state index in [4.69, 9.17) is 28.4 Å². The predicted octanol–water partition coefficient (Wildman–Crippen LogP) is 7.85. The summed E-state index contributed by atoms with van der Waals surface area (Å²) in [6.45, 7) is 10.6. The van der Waals surface area contributed by atoms with Crippen LogP contribution in [0.5, 0.6) is 5.75 Å². The van der Waals surface area contributed by atoms with Crippen LogP contribution in [0.1, 0.15) is 65.0 Å². The summed E-state index contributed by atoms with van der Waals surface area (Å²) in [7, 11) is 4.89. The highest BCUT2D eigenvalue weighted by atomic mass is 79.9. The monoisotopic (exact) mass is 718 g/mol. The Balaban J connectivity index is 2.09. The SMILES string of the molecule is CCOC(=O)/C(C)=C/CC[C@H](OC)[C@@H](O)/C(C)=C/[C@H](C)[C@@H](OCOC)[C@H](C[C@H](C)Cc1cc(Br)cc(OCc2ccccc2)c1)OC. The quantitative estimate of drug-likeness (QED) is 0.0570. The summed E-state index contributed by atoms with van der Waals surface area (Å²) in [6.07, 6.45) is 4.77. The lowest BCUT2D eigenvalue weighted by Crippen LogP contribution is -2.38. The fourth-order valence-electron chi connectivity index (χ4n) is 5.65. The number of hydrogen-bond acceptors (Lipinski definition) is 8. The van der Waals surface area contributed by atoms with Crippen LogP contribution in [-0.2, 0) is 41.5 Å². The van der Waals surface area contributed by atoms with E-state index < -0.39 is 12.2 Å². The van der Waals surface area contributed by atoms with Gasteiger partial charge in [-0.25, -0.2) is 4.79 Å². The van der Waals surface area contributed by atoms with E-state index in [0.29, 0.717) is 31.6 Å². The highest BCUT2D eigenvalue weighted by Crippen LogP contribution is 2.28. The Morgan fingerprint density at radius 1 is 0.979 bits per heavy atom. The second-order valence-electron chi connectivity index (χ2n) is 12.1. The Labute approximate surface area is 290 Å². The molecule has 8 nitrogen and oxygen atoms in total. The number of hydrogen-bond donors (Lipinski definition) is 1. The average Bonchev–Trinajstić information content (AvgIpc) is 3.05. The molecule has 0 saturated heterocycles. The van der Waals surface area contributed by atoms with Gasteiger partial charge in [0.15, 0.2) is 0 Å². The van der Waals surface area contributed by atoms with Gasteiger partial charge in [0.05, 0.1) is 24.9 Å². The largest absolute Gasteiger partial charge is 0.489 e. The lowest BCUT2D eigenvalue weighted by molar-refractivity contribution is -0.138. The number of benzene rings is 2. The third-order valence-corrected chi connectivity index (χ3v) is 8.57. The molecule has 0 fully saturated rings. The summed E-state index contributed by atoms with van der Waals surface area (Å²) in [4.78, 5) is 11.9. The number of methoxy groups -OCH3 is 3. The number of allylic oxidation sites excluding steroid dienone is 1. The first-order valence-corrected chi connectivity index (χ1v) is 17.1. The van der Waals surface area contributed by atoms with Crippen LogP contribution in [-0.4, -0.2) is 70.2 Å². The van der Waals surface area contributed by atoms with Crippen molar-refractivity contribution in [2.24, 2.45) is 11.8 Å². The minimum Gasteiger partial charge on any atom is -0.489 e. The highest BCUT2D eigenvalue weighted by molar-refractivity contribution is 9.10. The zero-order valence-corrected chi connectivity index (χ0v) is 31.0. The number of rotatable bonds is 22. The van der Waals surface area contributed by atoms with Crippen molar-refractivity contribution in [2.45, 2.75) is 91.3 Å². The van der Waals surface area contributed by atoms with Crippen molar-refractivity contribution in [3.05, 3.63) is 87.4 Å². The smallest absolute Gasteiger partial charge is 0.333 e. The van der Waals surface area contributed by atoms with E-state index in [1.165, 1.54) is 5.56 Å². The van der Waals surface area contributed by atoms with Crippen LogP contribution in [0.25, 0.3) is 0 Å². The number of ether oxygens (including phenoxy) is 6. The maximum Gasteiger partial charge on any atom is 0.333 e. The molecule has 2 aromatic carbocycles. The Morgan fingerprint density at radius 3 is 2.32 bits per heavy atom. The molecule has 0 spiro atoms. The number of halogens is 1. The zero-order valence-electron chi connectivity index (χ0n) is 29.4. The van der Waals surface area contributed by atoms with E-state index in [1.54, 1.807) is 35.2 Å². The number of carbonyl (C=O) groups is 1. The Hall–Kier alpha value is -2.53. The van der Waals surface area contributed by atoms with Crippen molar-refractivity contribution in [1.29, 1.82) is 0 Å². The van der Waals surface area contributed by atoms with Gasteiger partial charge >= 0.3 is 5.97 Å². The lowest BCUT2D eigenvalue weighted by atomic mass is 9.88. The fourth-order valence-corrected chi connectivity index (χ4v) is 6.17. The van der Waals surface area contributed by atoms with Crippen LogP contribution in [0.4, 0.5) is 0 Å². The molecule has 0 saturated carbocycles. The van der Waals surface area contributed by atoms with Gasteiger partial charge in [-0.05, 0) is 87.3 Å². The van der Waals surface area contributed by atoms with Gasteiger partial charge in [-0.2, -0.15) is 0 Å². The van der Waals surface area contributed by atoms with Crippen molar-refractivity contribution in [3.8, 4) is 5.75 Å². The van der Waals surface area contributed by atoms with Crippen LogP contribution >= 0.6 is 15.9 Å². The molecule has 1 N–H and O–H groups in total. The van der Waals surface area contributed by atoms with Crippen molar-refractivity contribution >= 4 is 21.9 Å². The zero-order chi connectivity index (χ0) is 34.8. The minimum atomic E-state index is -0.823. The first-order valence-electron chi connectivity index (χ1n) is 16.3. The van der Waals surface area contributed by atoms with Crippen LogP contribution < -0.4 is 4.74 Å². The van der Waals surface area contributed by atoms with Crippen LogP contribution in [0.15, 0.2) is 76.3 Å². The molecule has 0 bridgehead atoms. The van der Waals surface area contributed by atoms with Crippen molar-refractivity contribution in [1.82, 2.24) is 0 Å². The van der Waals surface area contributed by atoms with Crippen molar-refractivity contribution in [3.63, 3.8) is 0 Å². The first-order chi connectivity index (χ1) is 22.5. The standard InChI is InChI=1S/C38H55BrO8/c1-9-45-38(41)27(3)14-13-17-34(43-7)36(40)28(4)20-29(5)37(47-25-42-6)35(44-8)19-26(2)18-31-21-32(39)23-33(22-31)46-24-30-15-11-10-12-16-30/h10-12,14-16,20-23,26,29,34-37,40H,9,13,17-19,24-25H2,1-8H3/b27-14+,28-20+/t26-,29+,34+,35+,36+,37-/m1/s1. The van der Waals surface area contributed by atoms with Crippen LogP contribution in [0.3, 0.4) is 0 Å². The molecule has 0 aliphatic rings. The van der Waals surface area contributed by atoms with Gasteiger partial charge in [0, 0.05) is 37.3 Å². The number of aliphatic hydroxyl groups excluding tert-OH is 1. The van der Waals surface area contributed by atoms with Gasteiger partial charge in [0.25, 0.3) is 0 Å². The van der Waals surface area contributed by atoms with Gasteiger partial charge in [-0.15, -0.1) is 0 Å². The molecule has 6 atom stereocenters. The van der Waals surface area contributed by atoms with E-state index in [9.17, 15) is 9.90 Å². The normalized spacial score (nSPS) is 16.2. The summed E-state index contributed by atoms with van der Waals surface area (Å²) in [5, 5.41) is 11.2. The molecular weight excluding hydrogens is 664 g/mol. The summed E-state index contributed by atoms with van der Waals surface area (Å²) in [6, 6.07) is 16.3. The molecule has 9 heteroatoms. The molecule has 0 aliphatic carbocycles. The third kappa shape index (κ3) is 14.6. The molecule has 262 valence electrons.